The monoisotopic (exact) mass is 350 g/mol. The first-order chi connectivity index (χ1) is 10.1. The predicted molar refractivity (Wildman–Crippen MR) is 83.9 cm³/mol. The van der Waals surface area contributed by atoms with Crippen molar-refractivity contribution in [2.24, 2.45) is 0 Å². The molecule has 0 saturated carbocycles. The van der Waals surface area contributed by atoms with Crippen LogP contribution in [0.25, 0.3) is 0 Å². The number of nitro benzene ring substituents is 1. The van der Waals surface area contributed by atoms with Crippen LogP contribution >= 0.6 is 15.9 Å². The van der Waals surface area contributed by atoms with Gasteiger partial charge in [-0.2, -0.15) is 0 Å². The zero-order chi connectivity index (χ0) is 15.2. The number of nitrogens with zero attached hydrogens (tertiary/aromatic N) is 1. The lowest BCUT2D eigenvalue weighted by Gasteiger charge is -2.12. The average Bonchev–Trinajstić information content (AvgIpc) is 2.47. The van der Waals surface area contributed by atoms with E-state index in [0.29, 0.717) is 13.1 Å². The van der Waals surface area contributed by atoms with Crippen LogP contribution < -0.4 is 5.32 Å². The first kappa shape index (κ1) is 15.6. The summed E-state index contributed by atoms with van der Waals surface area (Å²) in [5, 5.41) is 23.8. The fourth-order valence-corrected chi connectivity index (χ4v) is 2.34. The number of rotatable bonds is 6. The number of nitrogens with one attached hydrogen (secondary N) is 1. The molecule has 0 bridgehead atoms. The molecule has 0 saturated heterocycles. The van der Waals surface area contributed by atoms with Crippen molar-refractivity contribution in [3.63, 3.8) is 0 Å². The minimum absolute atomic E-state index is 0.0768. The van der Waals surface area contributed by atoms with Gasteiger partial charge in [-0.15, -0.1) is 0 Å². The topological polar surface area (TPSA) is 75.4 Å². The number of benzene rings is 2. The average molecular weight is 351 g/mol. The number of nitro groups is 1. The van der Waals surface area contributed by atoms with Gasteiger partial charge < -0.3 is 10.4 Å². The highest BCUT2D eigenvalue weighted by Crippen LogP contribution is 2.18. The summed E-state index contributed by atoms with van der Waals surface area (Å²) in [6.45, 7) is 0.955. The molecule has 2 aromatic rings. The molecule has 0 aliphatic rings. The molecule has 21 heavy (non-hydrogen) atoms. The van der Waals surface area contributed by atoms with E-state index in [1.54, 1.807) is 12.1 Å². The van der Waals surface area contributed by atoms with Crippen molar-refractivity contribution < 1.29 is 10.0 Å². The lowest BCUT2D eigenvalue weighted by atomic mass is 10.1. The second kappa shape index (κ2) is 7.31. The van der Waals surface area contributed by atoms with Crippen molar-refractivity contribution in [2.75, 3.05) is 6.54 Å². The van der Waals surface area contributed by atoms with Crippen LogP contribution in [0, 0.1) is 10.1 Å². The summed E-state index contributed by atoms with van der Waals surface area (Å²) >= 11 is 3.37. The van der Waals surface area contributed by atoms with Gasteiger partial charge >= 0.3 is 0 Å². The van der Waals surface area contributed by atoms with E-state index in [0.717, 1.165) is 15.6 Å². The number of halogens is 1. The molecular weight excluding hydrogens is 336 g/mol. The largest absolute Gasteiger partial charge is 0.387 e. The molecule has 110 valence electrons. The molecule has 0 radical (unpaired) electrons. The highest BCUT2D eigenvalue weighted by molar-refractivity contribution is 9.10. The normalized spacial score (nSPS) is 12.1. The molecule has 1 atom stereocenters. The van der Waals surface area contributed by atoms with Gasteiger partial charge in [0.25, 0.3) is 5.69 Å². The SMILES string of the molecule is O=[N+]([O-])c1ccc(CNCC(O)c2cccc(Br)c2)cc1. The number of non-ortho nitro benzene ring substituents is 1. The third kappa shape index (κ3) is 4.63. The quantitative estimate of drug-likeness (QED) is 0.619. The minimum atomic E-state index is -0.597. The first-order valence-corrected chi connectivity index (χ1v) is 7.23. The molecule has 0 heterocycles. The van der Waals surface area contributed by atoms with E-state index in [9.17, 15) is 15.2 Å². The summed E-state index contributed by atoms with van der Waals surface area (Å²) in [5.41, 5.74) is 1.84. The van der Waals surface area contributed by atoms with Gasteiger partial charge in [0.15, 0.2) is 0 Å². The molecule has 5 nitrogen and oxygen atoms in total. The van der Waals surface area contributed by atoms with E-state index >= 15 is 0 Å². The van der Waals surface area contributed by atoms with Crippen molar-refractivity contribution in [3.05, 3.63) is 74.2 Å². The van der Waals surface area contributed by atoms with E-state index in [1.807, 2.05) is 24.3 Å². The zero-order valence-corrected chi connectivity index (χ0v) is 12.8. The van der Waals surface area contributed by atoms with Gasteiger partial charge in [-0.05, 0) is 23.3 Å². The summed E-state index contributed by atoms with van der Waals surface area (Å²) in [6, 6.07) is 13.9. The van der Waals surface area contributed by atoms with Gasteiger partial charge in [0.2, 0.25) is 0 Å². The minimum Gasteiger partial charge on any atom is -0.387 e. The molecule has 1 unspecified atom stereocenters. The Hall–Kier alpha value is -1.76. The molecule has 2 N–H and O–H groups in total. The molecule has 0 aromatic heterocycles. The molecule has 0 spiro atoms. The highest BCUT2D eigenvalue weighted by Gasteiger charge is 2.08. The number of hydrogen-bond acceptors (Lipinski definition) is 4. The fourth-order valence-electron chi connectivity index (χ4n) is 1.92. The second-order valence-corrected chi connectivity index (χ2v) is 5.54. The highest BCUT2D eigenvalue weighted by atomic mass is 79.9. The lowest BCUT2D eigenvalue weighted by Crippen LogP contribution is -2.21. The first-order valence-electron chi connectivity index (χ1n) is 6.44. The summed E-state index contributed by atoms with van der Waals surface area (Å²) in [6.07, 6.45) is -0.597. The van der Waals surface area contributed by atoms with E-state index in [2.05, 4.69) is 21.2 Å². The van der Waals surface area contributed by atoms with Crippen LogP contribution in [0.15, 0.2) is 53.0 Å². The van der Waals surface area contributed by atoms with Crippen LogP contribution in [0.2, 0.25) is 0 Å². The smallest absolute Gasteiger partial charge is 0.269 e. The van der Waals surface area contributed by atoms with E-state index < -0.39 is 11.0 Å². The molecular formula is C15H15BrN2O3. The number of aliphatic hydroxyl groups excluding tert-OH is 1. The number of hydrogen-bond donors (Lipinski definition) is 2. The summed E-state index contributed by atoms with van der Waals surface area (Å²) in [5.74, 6) is 0. The van der Waals surface area contributed by atoms with E-state index in [-0.39, 0.29) is 5.69 Å². The Balaban J connectivity index is 1.85. The second-order valence-electron chi connectivity index (χ2n) is 4.63. The standard InChI is InChI=1S/C15H15BrN2O3/c16-13-3-1-2-12(8-13)15(19)10-17-9-11-4-6-14(7-5-11)18(20)21/h1-8,15,17,19H,9-10H2. The van der Waals surface area contributed by atoms with Gasteiger partial charge in [-0.1, -0.05) is 40.2 Å². The maximum Gasteiger partial charge on any atom is 0.269 e. The van der Waals surface area contributed by atoms with Crippen molar-refractivity contribution in [3.8, 4) is 0 Å². The third-order valence-electron chi connectivity index (χ3n) is 3.05. The maximum atomic E-state index is 10.6. The Morgan fingerprint density at radius 2 is 1.95 bits per heavy atom. The molecule has 6 heteroatoms. The summed E-state index contributed by atoms with van der Waals surface area (Å²) in [7, 11) is 0. The van der Waals surface area contributed by atoms with E-state index in [4.69, 9.17) is 0 Å². The molecule has 0 aliphatic carbocycles. The molecule has 0 aliphatic heterocycles. The molecule has 0 fully saturated rings. The van der Waals surface area contributed by atoms with Crippen molar-refractivity contribution in [1.82, 2.24) is 5.32 Å². The van der Waals surface area contributed by atoms with Crippen molar-refractivity contribution >= 4 is 21.6 Å². The Kier molecular flexibility index (Phi) is 5.44. The van der Waals surface area contributed by atoms with Crippen molar-refractivity contribution in [2.45, 2.75) is 12.6 Å². The van der Waals surface area contributed by atoms with Gasteiger partial charge in [-0.3, -0.25) is 10.1 Å². The van der Waals surface area contributed by atoms with Crippen LogP contribution in [0.1, 0.15) is 17.2 Å². The van der Waals surface area contributed by atoms with E-state index in [1.165, 1.54) is 12.1 Å². The summed E-state index contributed by atoms with van der Waals surface area (Å²) < 4.78 is 0.925. The van der Waals surface area contributed by atoms with Gasteiger partial charge in [0, 0.05) is 29.7 Å². The summed E-state index contributed by atoms with van der Waals surface area (Å²) in [4.78, 5) is 10.1. The Morgan fingerprint density at radius 1 is 1.24 bits per heavy atom. The van der Waals surface area contributed by atoms with Gasteiger partial charge in [0.1, 0.15) is 0 Å². The Labute approximate surface area is 130 Å². The van der Waals surface area contributed by atoms with Crippen LogP contribution in [-0.4, -0.2) is 16.6 Å². The third-order valence-corrected chi connectivity index (χ3v) is 3.54. The van der Waals surface area contributed by atoms with Crippen LogP contribution in [0.3, 0.4) is 0 Å². The predicted octanol–water partition coefficient (Wildman–Crippen LogP) is 3.18. The van der Waals surface area contributed by atoms with Crippen LogP contribution in [0.4, 0.5) is 5.69 Å². The molecule has 2 aromatic carbocycles. The Morgan fingerprint density at radius 3 is 2.57 bits per heavy atom. The van der Waals surface area contributed by atoms with Gasteiger partial charge in [0.05, 0.1) is 11.0 Å². The fraction of sp³-hybridized carbons (Fsp3) is 0.200. The Bertz CT molecular complexity index is 617. The number of aliphatic hydroxyl groups is 1. The van der Waals surface area contributed by atoms with Crippen LogP contribution in [-0.2, 0) is 6.54 Å². The molecule has 2 rings (SSSR count). The molecule has 0 amide bonds. The zero-order valence-electron chi connectivity index (χ0n) is 11.2. The van der Waals surface area contributed by atoms with Crippen molar-refractivity contribution in [1.29, 1.82) is 0 Å². The van der Waals surface area contributed by atoms with Crippen LogP contribution in [0.5, 0.6) is 0 Å². The lowest BCUT2D eigenvalue weighted by molar-refractivity contribution is -0.384. The van der Waals surface area contributed by atoms with Gasteiger partial charge in [-0.25, -0.2) is 0 Å². The maximum absolute atomic E-state index is 10.6.